The Morgan fingerprint density at radius 2 is 2.38 bits per heavy atom. The number of nitrogens with zero attached hydrogens (tertiary/aromatic N) is 2. The molecule has 1 aliphatic heterocycles. The van der Waals surface area contributed by atoms with Crippen molar-refractivity contribution in [2.24, 2.45) is 0 Å². The highest BCUT2D eigenvalue weighted by molar-refractivity contribution is 8.00. The zero-order valence-electron chi connectivity index (χ0n) is 9.65. The van der Waals surface area contributed by atoms with Gasteiger partial charge in [-0.05, 0) is 6.92 Å². The van der Waals surface area contributed by atoms with Crippen LogP contribution in [-0.4, -0.2) is 33.5 Å². The second-order valence-electron chi connectivity index (χ2n) is 4.15. The lowest BCUT2D eigenvalue weighted by atomic mass is 10.2. The Balaban J connectivity index is 1.97. The first-order valence-electron chi connectivity index (χ1n) is 5.55. The molecule has 2 nitrogen and oxygen atoms in total. The van der Waals surface area contributed by atoms with Gasteiger partial charge in [-0.25, -0.2) is 4.98 Å². The fourth-order valence-electron chi connectivity index (χ4n) is 1.88. The maximum absolute atomic E-state index is 5.76. The molecule has 0 saturated carbocycles. The Bertz CT molecular complexity index is 342. The number of aromatic nitrogens is 1. The van der Waals surface area contributed by atoms with Gasteiger partial charge in [0.15, 0.2) is 0 Å². The van der Waals surface area contributed by atoms with Crippen molar-refractivity contribution in [3.8, 4) is 0 Å². The molecule has 0 spiro atoms. The van der Waals surface area contributed by atoms with Crippen LogP contribution >= 0.6 is 34.7 Å². The molecule has 1 aromatic rings. The number of halogens is 1. The minimum Gasteiger partial charge on any atom is -0.292 e. The van der Waals surface area contributed by atoms with E-state index in [1.165, 1.54) is 17.3 Å². The van der Waals surface area contributed by atoms with E-state index in [-0.39, 0.29) is 0 Å². The average molecular weight is 277 g/mol. The van der Waals surface area contributed by atoms with Crippen LogP contribution in [0.4, 0.5) is 0 Å². The van der Waals surface area contributed by atoms with Gasteiger partial charge in [-0.3, -0.25) is 4.90 Å². The predicted octanol–water partition coefficient (Wildman–Crippen LogP) is 3.21. The van der Waals surface area contributed by atoms with Crippen molar-refractivity contribution in [1.82, 2.24) is 9.88 Å². The van der Waals surface area contributed by atoms with Crippen molar-refractivity contribution < 1.29 is 0 Å². The van der Waals surface area contributed by atoms with E-state index in [9.17, 15) is 0 Å². The quantitative estimate of drug-likeness (QED) is 0.789. The van der Waals surface area contributed by atoms with Crippen LogP contribution in [0.25, 0.3) is 0 Å². The van der Waals surface area contributed by atoms with Gasteiger partial charge in [0.05, 0.1) is 18.1 Å². The number of thioether (sulfide) groups is 1. The highest BCUT2D eigenvalue weighted by Gasteiger charge is 2.25. The van der Waals surface area contributed by atoms with Gasteiger partial charge in [-0.1, -0.05) is 6.92 Å². The Kier molecular flexibility index (Phi) is 4.53. The molecule has 0 aliphatic carbocycles. The molecule has 90 valence electrons. The number of hydrogen-bond acceptors (Lipinski definition) is 4. The van der Waals surface area contributed by atoms with E-state index in [2.05, 4.69) is 40.9 Å². The fourth-order valence-corrected chi connectivity index (χ4v) is 4.08. The van der Waals surface area contributed by atoms with E-state index in [1.807, 2.05) is 0 Å². The molecule has 16 heavy (non-hydrogen) atoms. The molecule has 2 heterocycles. The van der Waals surface area contributed by atoms with Crippen LogP contribution in [0.15, 0.2) is 5.38 Å². The Morgan fingerprint density at radius 1 is 1.56 bits per heavy atom. The van der Waals surface area contributed by atoms with Crippen molar-refractivity contribution in [1.29, 1.82) is 0 Å². The minimum atomic E-state index is 0.526. The molecule has 0 aromatic carbocycles. The van der Waals surface area contributed by atoms with E-state index in [4.69, 9.17) is 11.6 Å². The van der Waals surface area contributed by atoms with Gasteiger partial charge >= 0.3 is 0 Å². The van der Waals surface area contributed by atoms with E-state index in [1.54, 1.807) is 11.3 Å². The molecule has 2 rings (SSSR count). The van der Waals surface area contributed by atoms with Crippen LogP contribution in [0, 0.1) is 0 Å². The summed E-state index contributed by atoms with van der Waals surface area (Å²) in [5.41, 5.74) is 1.01. The SMILES string of the molecule is CC1SCCN(Cc2nc(CCl)cs2)C1C. The molecule has 1 aromatic heterocycles. The fraction of sp³-hybridized carbons (Fsp3) is 0.727. The lowest BCUT2D eigenvalue weighted by Gasteiger charge is -2.36. The largest absolute Gasteiger partial charge is 0.292 e. The molecule has 0 bridgehead atoms. The lowest BCUT2D eigenvalue weighted by molar-refractivity contribution is 0.204. The van der Waals surface area contributed by atoms with E-state index in [0.717, 1.165) is 17.5 Å². The monoisotopic (exact) mass is 276 g/mol. The first kappa shape index (κ1) is 12.7. The van der Waals surface area contributed by atoms with Crippen LogP contribution in [0.2, 0.25) is 0 Å². The smallest absolute Gasteiger partial charge is 0.107 e. The van der Waals surface area contributed by atoms with Crippen molar-refractivity contribution in [3.05, 3.63) is 16.1 Å². The summed E-state index contributed by atoms with van der Waals surface area (Å²) >= 11 is 9.56. The molecule has 1 saturated heterocycles. The summed E-state index contributed by atoms with van der Waals surface area (Å²) < 4.78 is 0. The van der Waals surface area contributed by atoms with Crippen LogP contribution in [0.1, 0.15) is 24.5 Å². The van der Waals surface area contributed by atoms with Gasteiger partial charge in [0.1, 0.15) is 5.01 Å². The molecule has 0 amide bonds. The third-order valence-corrected chi connectivity index (χ3v) is 5.58. The summed E-state index contributed by atoms with van der Waals surface area (Å²) in [6.07, 6.45) is 0. The standard InChI is InChI=1S/C11H17ClN2S2/c1-8-9(2)15-4-3-14(8)6-11-13-10(5-12)7-16-11/h7-9H,3-6H2,1-2H3. The van der Waals surface area contributed by atoms with Crippen LogP contribution in [0.5, 0.6) is 0 Å². The zero-order chi connectivity index (χ0) is 11.5. The van der Waals surface area contributed by atoms with Crippen molar-refractivity contribution in [3.63, 3.8) is 0 Å². The van der Waals surface area contributed by atoms with E-state index in [0.29, 0.717) is 11.9 Å². The predicted molar refractivity (Wildman–Crippen MR) is 73.5 cm³/mol. The summed E-state index contributed by atoms with van der Waals surface area (Å²) in [5.74, 6) is 1.76. The number of thiazole rings is 1. The maximum Gasteiger partial charge on any atom is 0.107 e. The Labute approximate surface area is 110 Å². The van der Waals surface area contributed by atoms with Gasteiger partial charge < -0.3 is 0 Å². The Hall–Kier alpha value is 0.230. The summed E-state index contributed by atoms with van der Waals surface area (Å²) in [5, 5.41) is 3.98. The lowest BCUT2D eigenvalue weighted by Crippen LogP contribution is -2.43. The van der Waals surface area contributed by atoms with Gasteiger partial charge in [-0.2, -0.15) is 11.8 Å². The van der Waals surface area contributed by atoms with Crippen molar-refractivity contribution in [2.45, 2.75) is 37.6 Å². The molecule has 5 heteroatoms. The topological polar surface area (TPSA) is 16.1 Å². The second kappa shape index (κ2) is 5.71. The van der Waals surface area contributed by atoms with Crippen LogP contribution < -0.4 is 0 Å². The van der Waals surface area contributed by atoms with E-state index < -0.39 is 0 Å². The van der Waals surface area contributed by atoms with Crippen molar-refractivity contribution >= 4 is 34.7 Å². The van der Waals surface area contributed by atoms with Gasteiger partial charge in [-0.15, -0.1) is 22.9 Å². The third kappa shape index (κ3) is 2.92. The van der Waals surface area contributed by atoms with Gasteiger partial charge in [0.25, 0.3) is 0 Å². The summed E-state index contributed by atoms with van der Waals surface area (Å²) in [6.45, 7) is 6.78. The molecule has 0 radical (unpaired) electrons. The molecule has 1 aliphatic rings. The molecule has 1 fully saturated rings. The Morgan fingerprint density at radius 3 is 3.06 bits per heavy atom. The first-order chi connectivity index (χ1) is 7.70. The summed E-state index contributed by atoms with van der Waals surface area (Å²) in [6, 6.07) is 0.641. The normalized spacial score (nSPS) is 27.2. The average Bonchev–Trinajstić information content (AvgIpc) is 2.73. The summed E-state index contributed by atoms with van der Waals surface area (Å²) in [4.78, 5) is 7.05. The van der Waals surface area contributed by atoms with Crippen LogP contribution in [0.3, 0.4) is 0 Å². The first-order valence-corrected chi connectivity index (χ1v) is 8.02. The highest BCUT2D eigenvalue weighted by atomic mass is 35.5. The zero-order valence-corrected chi connectivity index (χ0v) is 12.0. The van der Waals surface area contributed by atoms with Gasteiger partial charge in [0, 0.05) is 29.0 Å². The number of rotatable bonds is 3. The molecule has 2 unspecified atom stereocenters. The number of alkyl halides is 1. The maximum atomic E-state index is 5.76. The van der Waals surface area contributed by atoms with Crippen molar-refractivity contribution in [2.75, 3.05) is 12.3 Å². The van der Waals surface area contributed by atoms with Gasteiger partial charge in [0.2, 0.25) is 0 Å². The van der Waals surface area contributed by atoms with E-state index >= 15 is 0 Å². The second-order valence-corrected chi connectivity index (χ2v) is 6.85. The molecule has 0 N–H and O–H groups in total. The highest BCUT2D eigenvalue weighted by Crippen LogP contribution is 2.26. The van der Waals surface area contributed by atoms with Crippen LogP contribution in [-0.2, 0) is 12.4 Å². The number of hydrogen-bond donors (Lipinski definition) is 0. The molecular formula is C11H17ClN2S2. The third-order valence-electron chi connectivity index (χ3n) is 3.09. The minimum absolute atomic E-state index is 0.526. The molecular weight excluding hydrogens is 260 g/mol. The summed E-state index contributed by atoms with van der Waals surface area (Å²) in [7, 11) is 0. The molecule has 2 atom stereocenters.